The summed E-state index contributed by atoms with van der Waals surface area (Å²) >= 11 is 6.22. The fourth-order valence-corrected chi connectivity index (χ4v) is 2.94. The summed E-state index contributed by atoms with van der Waals surface area (Å²) in [5.74, 6) is -2.37. The molecule has 0 fully saturated rings. The minimum atomic E-state index is -4.55. The molecule has 9 nitrogen and oxygen atoms in total. The Hall–Kier alpha value is -3.80. The van der Waals surface area contributed by atoms with Crippen molar-refractivity contribution in [3.63, 3.8) is 0 Å². The Bertz CT molecular complexity index is 1140. The number of hydrogen-bond acceptors (Lipinski definition) is 6. The molecule has 0 spiro atoms. The van der Waals surface area contributed by atoms with E-state index in [9.17, 15) is 27.6 Å². The van der Waals surface area contributed by atoms with Gasteiger partial charge in [0.05, 0.1) is 23.9 Å². The smallest absolute Gasteiger partial charge is 0.416 e. The molecule has 2 aromatic carbocycles. The van der Waals surface area contributed by atoms with E-state index in [0.717, 1.165) is 12.1 Å². The Labute approximate surface area is 210 Å². The van der Waals surface area contributed by atoms with E-state index >= 15 is 0 Å². The zero-order valence-electron chi connectivity index (χ0n) is 19.5. The van der Waals surface area contributed by atoms with Crippen molar-refractivity contribution < 1.29 is 37.0 Å². The lowest BCUT2D eigenvalue weighted by atomic mass is 10.2. The van der Waals surface area contributed by atoms with Crippen LogP contribution in [0.3, 0.4) is 0 Å². The minimum Gasteiger partial charge on any atom is -0.493 e. The van der Waals surface area contributed by atoms with Gasteiger partial charge in [-0.1, -0.05) is 24.6 Å². The van der Waals surface area contributed by atoms with E-state index in [-0.39, 0.29) is 28.3 Å². The third kappa shape index (κ3) is 8.45. The fraction of sp³-hybridized carbons (Fsp3) is 0.304. The molecule has 0 aliphatic rings. The molecule has 0 radical (unpaired) electrons. The second-order valence-corrected chi connectivity index (χ2v) is 7.84. The van der Waals surface area contributed by atoms with Crippen LogP contribution in [0, 0.1) is 0 Å². The van der Waals surface area contributed by atoms with Crippen molar-refractivity contribution in [1.82, 2.24) is 10.7 Å². The summed E-state index contributed by atoms with van der Waals surface area (Å²) in [6.45, 7) is 3.04. The van der Waals surface area contributed by atoms with Crippen molar-refractivity contribution in [3.8, 4) is 11.5 Å². The van der Waals surface area contributed by atoms with Crippen LogP contribution in [0.5, 0.6) is 11.5 Å². The van der Waals surface area contributed by atoms with Gasteiger partial charge in [0, 0.05) is 11.7 Å². The first-order valence-electron chi connectivity index (χ1n) is 10.6. The van der Waals surface area contributed by atoms with Gasteiger partial charge >= 0.3 is 18.0 Å². The van der Waals surface area contributed by atoms with Crippen molar-refractivity contribution in [1.29, 1.82) is 0 Å². The molecule has 2 aromatic rings. The Morgan fingerprint density at radius 1 is 1.17 bits per heavy atom. The van der Waals surface area contributed by atoms with Crippen molar-refractivity contribution in [2.24, 2.45) is 5.10 Å². The standard InChI is InChI=1S/C23H24ClF3N4O5/c1-4-13(2)29-21(33)22(34)31-28-11-14-8-17(24)20(18(9-14)35-3)36-12-19(32)30-16-7-5-6-15(10-16)23(25,26)27/h5-11,13H,4,12H2,1-3H3,(H,29,33)(H,30,32)(H,31,34)/b28-11-/t13-/m0/s1. The van der Waals surface area contributed by atoms with Gasteiger partial charge in [0.15, 0.2) is 18.1 Å². The average molecular weight is 529 g/mol. The Morgan fingerprint density at radius 3 is 2.53 bits per heavy atom. The highest BCUT2D eigenvalue weighted by atomic mass is 35.5. The van der Waals surface area contributed by atoms with E-state index in [1.807, 2.05) is 6.92 Å². The summed E-state index contributed by atoms with van der Waals surface area (Å²) in [5, 5.41) is 8.54. The molecule has 0 aromatic heterocycles. The van der Waals surface area contributed by atoms with Crippen LogP contribution in [-0.4, -0.2) is 43.7 Å². The normalized spacial score (nSPS) is 12.1. The Kier molecular flexibility index (Phi) is 10.1. The van der Waals surface area contributed by atoms with Gasteiger partial charge in [0.2, 0.25) is 0 Å². The van der Waals surface area contributed by atoms with Crippen molar-refractivity contribution in [3.05, 3.63) is 52.5 Å². The van der Waals surface area contributed by atoms with Crippen LogP contribution < -0.4 is 25.5 Å². The summed E-state index contributed by atoms with van der Waals surface area (Å²) in [5.41, 5.74) is 1.50. The van der Waals surface area contributed by atoms with Crippen LogP contribution in [0.15, 0.2) is 41.5 Å². The van der Waals surface area contributed by atoms with Crippen LogP contribution in [0.1, 0.15) is 31.4 Å². The van der Waals surface area contributed by atoms with E-state index in [1.54, 1.807) is 6.92 Å². The second kappa shape index (κ2) is 12.8. The third-order valence-electron chi connectivity index (χ3n) is 4.65. The van der Waals surface area contributed by atoms with Gasteiger partial charge in [-0.25, -0.2) is 5.43 Å². The number of methoxy groups -OCH3 is 1. The lowest BCUT2D eigenvalue weighted by molar-refractivity contribution is -0.139. The fourth-order valence-electron chi connectivity index (χ4n) is 2.67. The van der Waals surface area contributed by atoms with Crippen LogP contribution in [0.2, 0.25) is 5.02 Å². The third-order valence-corrected chi connectivity index (χ3v) is 4.93. The number of rotatable bonds is 9. The predicted molar refractivity (Wildman–Crippen MR) is 127 cm³/mol. The maximum Gasteiger partial charge on any atom is 0.416 e. The largest absolute Gasteiger partial charge is 0.493 e. The zero-order chi connectivity index (χ0) is 26.9. The Balaban J connectivity index is 2.01. The summed E-state index contributed by atoms with van der Waals surface area (Å²) < 4.78 is 49.1. The van der Waals surface area contributed by atoms with Crippen molar-refractivity contribution in [2.45, 2.75) is 32.5 Å². The van der Waals surface area contributed by atoms with Gasteiger partial charge in [-0.3, -0.25) is 14.4 Å². The number of amides is 3. The molecule has 0 saturated carbocycles. The molecule has 0 saturated heterocycles. The molecule has 1 atom stereocenters. The summed E-state index contributed by atoms with van der Waals surface area (Å²) in [6.07, 6.45) is -2.68. The highest BCUT2D eigenvalue weighted by molar-refractivity contribution is 6.35. The van der Waals surface area contributed by atoms with E-state index in [0.29, 0.717) is 12.0 Å². The highest BCUT2D eigenvalue weighted by Crippen LogP contribution is 2.36. The number of anilines is 1. The van der Waals surface area contributed by atoms with E-state index in [1.165, 1.54) is 37.6 Å². The van der Waals surface area contributed by atoms with Gasteiger partial charge in [0.1, 0.15) is 0 Å². The van der Waals surface area contributed by atoms with Gasteiger partial charge in [-0.15, -0.1) is 0 Å². The number of halogens is 4. The van der Waals surface area contributed by atoms with E-state index in [4.69, 9.17) is 21.1 Å². The number of alkyl halides is 3. The second-order valence-electron chi connectivity index (χ2n) is 7.43. The quantitative estimate of drug-likeness (QED) is 0.260. The molecule has 13 heteroatoms. The number of hydrazone groups is 1. The van der Waals surface area contributed by atoms with Crippen LogP contribution in [0.25, 0.3) is 0 Å². The predicted octanol–water partition coefficient (Wildman–Crippen LogP) is 3.75. The highest BCUT2D eigenvalue weighted by Gasteiger charge is 2.30. The summed E-state index contributed by atoms with van der Waals surface area (Å²) in [7, 11) is 1.32. The van der Waals surface area contributed by atoms with E-state index < -0.39 is 36.1 Å². The number of hydrogen-bond donors (Lipinski definition) is 3. The first-order chi connectivity index (χ1) is 16.9. The van der Waals surface area contributed by atoms with Gasteiger partial charge in [-0.2, -0.15) is 18.3 Å². The maximum atomic E-state index is 12.8. The average Bonchev–Trinajstić information content (AvgIpc) is 2.82. The zero-order valence-corrected chi connectivity index (χ0v) is 20.3. The minimum absolute atomic E-state index is 0.00692. The number of ether oxygens (including phenoxy) is 2. The molecular formula is C23H24ClF3N4O5. The SMILES string of the molecule is CC[C@H](C)NC(=O)C(=O)N/N=C\c1cc(Cl)c(OCC(=O)Nc2cccc(C(F)(F)F)c2)c(OC)c1. The van der Waals surface area contributed by atoms with Gasteiger partial charge < -0.3 is 20.1 Å². The molecule has 0 heterocycles. The number of nitrogens with zero attached hydrogens (tertiary/aromatic N) is 1. The van der Waals surface area contributed by atoms with Crippen LogP contribution >= 0.6 is 11.6 Å². The number of carbonyl (C=O) groups excluding carboxylic acids is 3. The van der Waals surface area contributed by atoms with E-state index in [2.05, 4.69) is 21.2 Å². The molecule has 0 bridgehead atoms. The lowest BCUT2D eigenvalue weighted by Gasteiger charge is -2.14. The molecule has 3 amide bonds. The lowest BCUT2D eigenvalue weighted by Crippen LogP contribution is -2.41. The first-order valence-corrected chi connectivity index (χ1v) is 10.9. The molecule has 0 unspecified atom stereocenters. The number of nitrogens with one attached hydrogen (secondary N) is 3. The monoisotopic (exact) mass is 528 g/mol. The number of carbonyl (C=O) groups is 3. The molecule has 0 aliphatic heterocycles. The first kappa shape index (κ1) is 28.4. The molecular weight excluding hydrogens is 505 g/mol. The molecule has 36 heavy (non-hydrogen) atoms. The topological polar surface area (TPSA) is 118 Å². The van der Waals surface area contributed by atoms with Gasteiger partial charge in [-0.05, 0) is 49.2 Å². The molecule has 0 aliphatic carbocycles. The van der Waals surface area contributed by atoms with Crippen LogP contribution in [-0.2, 0) is 20.6 Å². The van der Waals surface area contributed by atoms with Crippen LogP contribution in [0.4, 0.5) is 18.9 Å². The maximum absolute atomic E-state index is 12.8. The van der Waals surface area contributed by atoms with Gasteiger partial charge in [0.25, 0.3) is 5.91 Å². The summed E-state index contributed by atoms with van der Waals surface area (Å²) in [4.78, 5) is 35.7. The van der Waals surface area contributed by atoms with Crippen molar-refractivity contribution >= 4 is 41.2 Å². The number of benzene rings is 2. The summed E-state index contributed by atoms with van der Waals surface area (Å²) in [6, 6.07) is 6.83. The Morgan fingerprint density at radius 2 is 1.89 bits per heavy atom. The molecule has 194 valence electrons. The molecule has 2 rings (SSSR count). The van der Waals surface area contributed by atoms with Crippen molar-refractivity contribution in [2.75, 3.05) is 19.0 Å². The molecule has 3 N–H and O–H groups in total.